The van der Waals surface area contributed by atoms with Crippen molar-refractivity contribution in [2.24, 2.45) is 10.2 Å². The van der Waals surface area contributed by atoms with Crippen LogP contribution >= 0.6 is 11.6 Å². The minimum Gasteiger partial charge on any atom is -0.444 e. The fourth-order valence-corrected chi connectivity index (χ4v) is 3.22. The molecule has 5 nitrogen and oxygen atoms in total. The Morgan fingerprint density at radius 2 is 2.08 bits per heavy atom. The molecule has 2 aliphatic rings. The molecule has 0 radical (unpaired) electrons. The van der Waals surface area contributed by atoms with Gasteiger partial charge in [-0.2, -0.15) is 10.2 Å². The summed E-state index contributed by atoms with van der Waals surface area (Å²) in [6.45, 7) is 5.19. The molecule has 8 heteroatoms. The van der Waals surface area contributed by atoms with Crippen molar-refractivity contribution in [1.82, 2.24) is 4.90 Å². The zero-order chi connectivity index (χ0) is 19.1. The zero-order valence-electron chi connectivity index (χ0n) is 14.8. The van der Waals surface area contributed by atoms with Crippen LogP contribution in [0.3, 0.4) is 0 Å². The second-order valence-corrected chi connectivity index (χ2v) is 7.80. The van der Waals surface area contributed by atoms with Gasteiger partial charge >= 0.3 is 6.09 Å². The Kier molecular flexibility index (Phi) is 5.01. The fourth-order valence-electron chi connectivity index (χ4n) is 3.05. The Morgan fingerprint density at radius 1 is 1.35 bits per heavy atom. The molecular formula is C18H20ClF2N3O2. The van der Waals surface area contributed by atoms with Crippen LogP contribution in [0, 0.1) is 5.82 Å². The van der Waals surface area contributed by atoms with Crippen LogP contribution in [0.15, 0.2) is 28.4 Å². The highest BCUT2D eigenvalue weighted by molar-refractivity contribution is 6.31. The van der Waals surface area contributed by atoms with E-state index in [4.69, 9.17) is 16.3 Å². The van der Waals surface area contributed by atoms with Gasteiger partial charge in [0.25, 0.3) is 0 Å². The van der Waals surface area contributed by atoms with E-state index >= 15 is 0 Å². The van der Waals surface area contributed by atoms with Gasteiger partial charge in [-0.05, 0) is 26.8 Å². The Balaban J connectivity index is 1.75. The molecule has 1 saturated heterocycles. The topological polar surface area (TPSA) is 54.3 Å². The lowest BCUT2D eigenvalue weighted by Crippen LogP contribution is -2.43. The van der Waals surface area contributed by atoms with Gasteiger partial charge in [0.2, 0.25) is 0 Å². The molecule has 2 heterocycles. The highest BCUT2D eigenvalue weighted by Gasteiger charge is 2.41. The summed E-state index contributed by atoms with van der Waals surface area (Å²) < 4.78 is 33.5. The molecule has 1 fully saturated rings. The van der Waals surface area contributed by atoms with E-state index in [2.05, 4.69) is 10.2 Å². The Morgan fingerprint density at radius 3 is 2.77 bits per heavy atom. The van der Waals surface area contributed by atoms with Crippen LogP contribution in [-0.2, 0) is 4.74 Å². The van der Waals surface area contributed by atoms with Crippen molar-refractivity contribution in [3.63, 3.8) is 0 Å². The number of amides is 1. The van der Waals surface area contributed by atoms with Crippen LogP contribution in [0.5, 0.6) is 0 Å². The van der Waals surface area contributed by atoms with Gasteiger partial charge in [0, 0.05) is 18.4 Å². The van der Waals surface area contributed by atoms with E-state index in [1.54, 1.807) is 32.9 Å². The molecule has 0 aromatic heterocycles. The third kappa shape index (κ3) is 3.87. The predicted octanol–water partition coefficient (Wildman–Crippen LogP) is 4.38. The molecule has 3 rings (SSSR count). The minimum absolute atomic E-state index is 0.00119. The average molecular weight is 384 g/mol. The number of nitrogens with zero attached hydrogens (tertiary/aromatic N) is 3. The van der Waals surface area contributed by atoms with Gasteiger partial charge in [0.15, 0.2) is 5.82 Å². The van der Waals surface area contributed by atoms with Crippen LogP contribution in [0.1, 0.15) is 39.2 Å². The third-order valence-electron chi connectivity index (χ3n) is 4.17. The number of rotatable bonds is 2. The van der Waals surface area contributed by atoms with Gasteiger partial charge in [0.1, 0.15) is 11.8 Å². The van der Waals surface area contributed by atoms with Crippen molar-refractivity contribution in [1.29, 1.82) is 0 Å². The van der Waals surface area contributed by atoms with E-state index in [1.165, 1.54) is 11.0 Å². The summed E-state index contributed by atoms with van der Waals surface area (Å²) in [5.41, 5.74) is 0.505. The second-order valence-electron chi connectivity index (χ2n) is 7.40. The highest BCUT2D eigenvalue weighted by atomic mass is 35.5. The summed E-state index contributed by atoms with van der Waals surface area (Å²) in [5, 5.41) is 8.12. The van der Waals surface area contributed by atoms with Crippen LogP contribution < -0.4 is 0 Å². The summed E-state index contributed by atoms with van der Waals surface area (Å²) in [6.07, 6.45) is -1.40. The van der Waals surface area contributed by atoms with Crippen molar-refractivity contribution in [2.45, 2.75) is 51.4 Å². The molecule has 1 aromatic rings. The van der Waals surface area contributed by atoms with Crippen molar-refractivity contribution in [2.75, 3.05) is 6.54 Å². The molecule has 0 spiro atoms. The van der Waals surface area contributed by atoms with Crippen molar-refractivity contribution in [3.8, 4) is 0 Å². The molecule has 2 atom stereocenters. The predicted molar refractivity (Wildman–Crippen MR) is 96.2 cm³/mol. The molecule has 140 valence electrons. The Labute approximate surface area is 155 Å². The monoisotopic (exact) mass is 383 g/mol. The summed E-state index contributed by atoms with van der Waals surface area (Å²) in [4.78, 5) is 13.7. The molecule has 1 aromatic carbocycles. The van der Waals surface area contributed by atoms with Crippen LogP contribution in [0.25, 0.3) is 0 Å². The van der Waals surface area contributed by atoms with E-state index in [0.29, 0.717) is 11.4 Å². The maximum Gasteiger partial charge on any atom is 0.410 e. The van der Waals surface area contributed by atoms with E-state index in [1.807, 2.05) is 0 Å². The van der Waals surface area contributed by atoms with Gasteiger partial charge in [-0.3, -0.25) is 4.90 Å². The largest absolute Gasteiger partial charge is 0.444 e. The number of carbonyl (C=O) groups excluding carboxylic acids is 1. The molecule has 0 N–H and O–H groups in total. The smallest absolute Gasteiger partial charge is 0.410 e. The summed E-state index contributed by atoms with van der Waals surface area (Å²) in [7, 11) is 0. The molecule has 2 aliphatic heterocycles. The summed E-state index contributed by atoms with van der Waals surface area (Å²) in [6, 6.07) is 4.09. The zero-order valence-corrected chi connectivity index (χ0v) is 15.6. The number of carbonyl (C=O) groups is 1. The van der Waals surface area contributed by atoms with E-state index in [-0.39, 0.29) is 30.0 Å². The molecule has 1 amide bonds. The third-order valence-corrected chi connectivity index (χ3v) is 4.46. The SMILES string of the molecule is CC(C)(C)OC(=O)N1C[C@H](F)C[C@H]1C1=NN=C(c2cccc(Cl)c2F)C1. The number of benzene rings is 1. The average Bonchev–Trinajstić information content (AvgIpc) is 3.14. The number of likely N-dealkylation sites (tertiary alicyclic amines) is 1. The number of ether oxygens (including phenoxy) is 1. The lowest BCUT2D eigenvalue weighted by molar-refractivity contribution is 0.0256. The molecule has 0 saturated carbocycles. The Hall–Kier alpha value is -2.02. The highest BCUT2D eigenvalue weighted by Crippen LogP contribution is 2.29. The summed E-state index contributed by atoms with van der Waals surface area (Å²) >= 11 is 5.81. The fraction of sp³-hybridized carbons (Fsp3) is 0.500. The first-order valence-electron chi connectivity index (χ1n) is 8.37. The molecule has 0 unspecified atom stereocenters. The molecule has 0 aliphatic carbocycles. The van der Waals surface area contributed by atoms with Crippen LogP contribution in [0.4, 0.5) is 13.6 Å². The van der Waals surface area contributed by atoms with Crippen molar-refractivity contribution >= 4 is 29.1 Å². The maximum absolute atomic E-state index is 14.2. The standard InChI is InChI=1S/C18H20ClF2N3O2/c1-18(2,3)26-17(25)24-9-10(20)7-15(24)14-8-13(22-23-14)11-5-4-6-12(19)16(11)21/h4-6,10,15H,7-9H2,1-3H3/t10-,15+/m1/s1. The number of hydrogen-bond acceptors (Lipinski definition) is 4. The lowest BCUT2D eigenvalue weighted by Gasteiger charge is -2.28. The number of halogens is 3. The quantitative estimate of drug-likeness (QED) is 0.761. The van der Waals surface area contributed by atoms with E-state index < -0.39 is 29.7 Å². The normalized spacial score (nSPS) is 23.1. The van der Waals surface area contributed by atoms with Crippen LogP contribution in [0.2, 0.25) is 5.02 Å². The van der Waals surface area contributed by atoms with E-state index in [9.17, 15) is 13.6 Å². The molecule has 26 heavy (non-hydrogen) atoms. The first-order chi connectivity index (χ1) is 12.2. The van der Waals surface area contributed by atoms with Gasteiger partial charge in [-0.15, -0.1) is 0 Å². The van der Waals surface area contributed by atoms with Gasteiger partial charge in [-0.25, -0.2) is 13.6 Å². The molecule has 0 bridgehead atoms. The van der Waals surface area contributed by atoms with Crippen molar-refractivity contribution < 1.29 is 18.3 Å². The van der Waals surface area contributed by atoms with Crippen molar-refractivity contribution in [3.05, 3.63) is 34.6 Å². The van der Waals surface area contributed by atoms with Gasteiger partial charge in [0.05, 0.1) is 29.0 Å². The summed E-state index contributed by atoms with van der Waals surface area (Å²) in [5.74, 6) is -0.567. The minimum atomic E-state index is -1.16. The maximum atomic E-state index is 14.2. The lowest BCUT2D eigenvalue weighted by atomic mass is 9.99. The first kappa shape index (κ1) is 18.8. The molecular weight excluding hydrogens is 364 g/mol. The number of alkyl halides is 1. The van der Waals surface area contributed by atoms with Gasteiger partial charge < -0.3 is 4.74 Å². The van der Waals surface area contributed by atoms with Crippen LogP contribution in [-0.4, -0.2) is 46.8 Å². The first-order valence-corrected chi connectivity index (χ1v) is 8.75. The van der Waals surface area contributed by atoms with Gasteiger partial charge in [-0.1, -0.05) is 23.7 Å². The Bertz CT molecular complexity index is 789. The second kappa shape index (κ2) is 6.95. The number of hydrogen-bond donors (Lipinski definition) is 0. The van der Waals surface area contributed by atoms with E-state index in [0.717, 1.165) is 0 Å².